The normalized spacial score (nSPS) is 16.2. The van der Waals surface area contributed by atoms with Crippen LogP contribution in [0.4, 0.5) is 5.82 Å². The van der Waals surface area contributed by atoms with Crippen molar-refractivity contribution in [1.82, 2.24) is 10.3 Å². The Kier molecular flexibility index (Phi) is 3.94. The zero-order valence-electron chi connectivity index (χ0n) is 14.1. The summed E-state index contributed by atoms with van der Waals surface area (Å²) >= 11 is 0. The number of hydrogen-bond acceptors (Lipinski definition) is 6. The molecule has 0 saturated carbocycles. The molecule has 0 spiro atoms. The van der Waals surface area contributed by atoms with E-state index in [9.17, 15) is 5.26 Å². The first kappa shape index (κ1) is 15.7. The molecule has 0 aliphatic carbocycles. The van der Waals surface area contributed by atoms with Crippen molar-refractivity contribution in [2.75, 3.05) is 19.1 Å². The average molecular weight is 336 g/mol. The Bertz CT molecular complexity index is 873. The van der Waals surface area contributed by atoms with Crippen LogP contribution in [0.5, 0.6) is 11.5 Å². The van der Waals surface area contributed by atoms with Crippen molar-refractivity contribution in [2.45, 2.75) is 32.2 Å². The standard InChI is InChI=1S/C19H20N4O2/c1-11(6-12-2-3-16-17(7-12)25-10-24-16)18-13(8-20)19(21)23-15-4-5-22-9-14(15)18/h2-3,7,11,22H,4-6,9-10H2,1H3,(H2,21,23)/t11-/m0/s1. The van der Waals surface area contributed by atoms with E-state index in [-0.39, 0.29) is 12.7 Å². The van der Waals surface area contributed by atoms with Gasteiger partial charge < -0.3 is 20.5 Å². The second-order valence-electron chi connectivity index (χ2n) is 6.54. The van der Waals surface area contributed by atoms with Crippen molar-refractivity contribution in [3.63, 3.8) is 0 Å². The van der Waals surface area contributed by atoms with Gasteiger partial charge in [0.1, 0.15) is 11.9 Å². The Morgan fingerprint density at radius 2 is 2.20 bits per heavy atom. The molecule has 1 aromatic heterocycles. The molecule has 2 aliphatic rings. The van der Waals surface area contributed by atoms with Crippen molar-refractivity contribution in [3.8, 4) is 17.6 Å². The topological polar surface area (TPSA) is 93.2 Å². The first-order valence-corrected chi connectivity index (χ1v) is 8.48. The highest BCUT2D eigenvalue weighted by Crippen LogP contribution is 2.36. The first-order valence-electron chi connectivity index (χ1n) is 8.48. The van der Waals surface area contributed by atoms with Gasteiger partial charge in [0.15, 0.2) is 11.5 Å². The lowest BCUT2D eigenvalue weighted by molar-refractivity contribution is 0.174. The third-order valence-electron chi connectivity index (χ3n) is 4.88. The van der Waals surface area contributed by atoms with E-state index in [1.807, 2.05) is 18.2 Å². The molecule has 2 aromatic rings. The second-order valence-corrected chi connectivity index (χ2v) is 6.54. The number of pyridine rings is 1. The van der Waals surface area contributed by atoms with Crippen molar-refractivity contribution < 1.29 is 9.47 Å². The summed E-state index contributed by atoms with van der Waals surface area (Å²) in [5.41, 5.74) is 10.9. The van der Waals surface area contributed by atoms with E-state index in [2.05, 4.69) is 23.3 Å². The van der Waals surface area contributed by atoms with Crippen molar-refractivity contribution in [1.29, 1.82) is 5.26 Å². The molecule has 4 rings (SSSR count). The van der Waals surface area contributed by atoms with Gasteiger partial charge >= 0.3 is 0 Å². The lowest BCUT2D eigenvalue weighted by Crippen LogP contribution is -2.27. The fourth-order valence-corrected chi connectivity index (χ4v) is 3.72. The summed E-state index contributed by atoms with van der Waals surface area (Å²) in [6.45, 7) is 4.03. The molecule has 0 unspecified atom stereocenters. The second kappa shape index (κ2) is 6.26. The van der Waals surface area contributed by atoms with E-state index >= 15 is 0 Å². The molecule has 3 heterocycles. The molecule has 2 aliphatic heterocycles. The number of nitrogens with zero attached hydrogens (tertiary/aromatic N) is 2. The van der Waals surface area contributed by atoms with Crippen LogP contribution in [0.1, 0.15) is 40.8 Å². The van der Waals surface area contributed by atoms with Gasteiger partial charge in [-0.25, -0.2) is 4.98 Å². The average Bonchev–Trinajstić information content (AvgIpc) is 3.08. The molecular formula is C19H20N4O2. The van der Waals surface area contributed by atoms with E-state index in [1.54, 1.807) is 0 Å². The van der Waals surface area contributed by atoms with E-state index in [0.717, 1.165) is 59.8 Å². The van der Waals surface area contributed by atoms with Crippen LogP contribution in [-0.4, -0.2) is 18.3 Å². The summed E-state index contributed by atoms with van der Waals surface area (Å²) in [5.74, 6) is 2.05. The molecule has 1 aromatic carbocycles. The van der Waals surface area contributed by atoms with Gasteiger partial charge in [-0.2, -0.15) is 5.26 Å². The van der Waals surface area contributed by atoms with Gasteiger partial charge in [-0.1, -0.05) is 13.0 Å². The minimum Gasteiger partial charge on any atom is -0.454 e. The van der Waals surface area contributed by atoms with Gasteiger partial charge in [0.05, 0.1) is 5.56 Å². The molecule has 0 bridgehead atoms. The smallest absolute Gasteiger partial charge is 0.231 e. The molecular weight excluding hydrogens is 316 g/mol. The number of ether oxygens (including phenoxy) is 2. The van der Waals surface area contributed by atoms with Crippen LogP contribution in [0, 0.1) is 11.3 Å². The Morgan fingerprint density at radius 3 is 3.04 bits per heavy atom. The summed E-state index contributed by atoms with van der Waals surface area (Å²) < 4.78 is 10.8. The number of nitriles is 1. The summed E-state index contributed by atoms with van der Waals surface area (Å²) in [6, 6.07) is 8.26. The maximum atomic E-state index is 9.62. The predicted octanol–water partition coefficient (Wildman–Crippen LogP) is 2.26. The molecule has 3 N–H and O–H groups in total. The fourth-order valence-electron chi connectivity index (χ4n) is 3.72. The monoisotopic (exact) mass is 336 g/mol. The molecule has 0 fully saturated rings. The van der Waals surface area contributed by atoms with Gasteiger partial charge in [0.25, 0.3) is 0 Å². The minimum atomic E-state index is 0.147. The molecule has 1 atom stereocenters. The van der Waals surface area contributed by atoms with Gasteiger partial charge in [-0.05, 0) is 41.2 Å². The number of nitrogens with one attached hydrogen (secondary N) is 1. The van der Waals surface area contributed by atoms with Gasteiger partial charge in [-0.15, -0.1) is 0 Å². The zero-order valence-corrected chi connectivity index (χ0v) is 14.1. The van der Waals surface area contributed by atoms with E-state index in [1.165, 1.54) is 0 Å². The number of fused-ring (bicyclic) bond motifs is 2. The third-order valence-corrected chi connectivity index (χ3v) is 4.88. The zero-order chi connectivity index (χ0) is 17.4. The molecule has 6 heteroatoms. The Labute approximate surface area is 146 Å². The van der Waals surface area contributed by atoms with Crippen LogP contribution >= 0.6 is 0 Å². The number of nitrogen functional groups attached to an aromatic ring is 1. The Hall–Kier alpha value is -2.78. The maximum absolute atomic E-state index is 9.62. The number of rotatable bonds is 3. The van der Waals surface area contributed by atoms with Crippen LogP contribution in [0.3, 0.4) is 0 Å². The SMILES string of the molecule is C[C@@H](Cc1ccc2c(c1)OCO2)c1c(C#N)c(N)nc2c1CNCC2. The lowest BCUT2D eigenvalue weighted by atomic mass is 9.85. The Morgan fingerprint density at radius 1 is 1.36 bits per heavy atom. The molecule has 25 heavy (non-hydrogen) atoms. The number of anilines is 1. The minimum absolute atomic E-state index is 0.147. The first-order chi connectivity index (χ1) is 12.2. The van der Waals surface area contributed by atoms with Crippen molar-refractivity contribution >= 4 is 5.82 Å². The van der Waals surface area contributed by atoms with Gasteiger partial charge in [0, 0.05) is 25.2 Å². The highest BCUT2D eigenvalue weighted by molar-refractivity contribution is 5.59. The summed E-state index contributed by atoms with van der Waals surface area (Å²) in [4.78, 5) is 4.46. The maximum Gasteiger partial charge on any atom is 0.231 e. The highest BCUT2D eigenvalue weighted by Gasteiger charge is 2.25. The lowest BCUT2D eigenvalue weighted by Gasteiger charge is -2.25. The van der Waals surface area contributed by atoms with E-state index in [4.69, 9.17) is 15.2 Å². The van der Waals surface area contributed by atoms with Gasteiger partial charge in [-0.3, -0.25) is 0 Å². The predicted molar refractivity (Wildman–Crippen MR) is 93.5 cm³/mol. The summed E-state index contributed by atoms with van der Waals surface area (Å²) in [5, 5.41) is 13.0. The summed E-state index contributed by atoms with van der Waals surface area (Å²) in [6.07, 6.45) is 1.64. The van der Waals surface area contributed by atoms with Crippen molar-refractivity contribution in [2.24, 2.45) is 0 Å². The van der Waals surface area contributed by atoms with Crippen LogP contribution in [0.25, 0.3) is 0 Å². The third kappa shape index (κ3) is 2.77. The van der Waals surface area contributed by atoms with E-state index < -0.39 is 0 Å². The van der Waals surface area contributed by atoms with Crippen molar-refractivity contribution in [3.05, 3.63) is 46.1 Å². The largest absolute Gasteiger partial charge is 0.454 e. The number of hydrogen-bond donors (Lipinski definition) is 2. The van der Waals surface area contributed by atoms with E-state index in [0.29, 0.717) is 11.4 Å². The molecule has 0 amide bonds. The van der Waals surface area contributed by atoms with Gasteiger partial charge in [0.2, 0.25) is 6.79 Å². The number of benzene rings is 1. The molecule has 128 valence electrons. The number of aromatic nitrogens is 1. The highest BCUT2D eigenvalue weighted by atomic mass is 16.7. The molecule has 6 nitrogen and oxygen atoms in total. The molecule has 0 radical (unpaired) electrons. The molecule has 0 saturated heterocycles. The van der Waals surface area contributed by atoms with Crippen LogP contribution in [-0.2, 0) is 19.4 Å². The Balaban J connectivity index is 1.71. The van der Waals surface area contributed by atoms with Crippen LogP contribution in [0.15, 0.2) is 18.2 Å². The fraction of sp³-hybridized carbons (Fsp3) is 0.368. The van der Waals surface area contributed by atoms with Crippen LogP contribution in [0.2, 0.25) is 0 Å². The number of nitrogens with two attached hydrogens (primary N) is 1. The quantitative estimate of drug-likeness (QED) is 0.893. The van der Waals surface area contributed by atoms with Crippen LogP contribution < -0.4 is 20.5 Å². The summed E-state index contributed by atoms with van der Waals surface area (Å²) in [7, 11) is 0.